The Kier molecular flexibility index (Phi) is 6.38. The lowest BCUT2D eigenvalue weighted by Crippen LogP contribution is -2.32. The second-order valence-corrected chi connectivity index (χ2v) is 8.07. The minimum atomic E-state index is -0.402. The van der Waals surface area contributed by atoms with Gasteiger partial charge >= 0.3 is 0 Å². The fourth-order valence-electron chi connectivity index (χ4n) is 3.65. The van der Waals surface area contributed by atoms with Gasteiger partial charge in [-0.25, -0.2) is 0 Å². The topological polar surface area (TPSA) is 67.9 Å². The summed E-state index contributed by atoms with van der Waals surface area (Å²) in [7, 11) is 3.09. The molecule has 0 saturated heterocycles. The van der Waals surface area contributed by atoms with Gasteiger partial charge in [-0.3, -0.25) is 14.5 Å². The summed E-state index contributed by atoms with van der Waals surface area (Å²) in [5.41, 5.74) is 3.66. The van der Waals surface area contributed by atoms with Crippen molar-refractivity contribution in [3.05, 3.63) is 94.1 Å². The van der Waals surface area contributed by atoms with Gasteiger partial charge in [-0.05, 0) is 42.3 Å². The van der Waals surface area contributed by atoms with E-state index in [0.29, 0.717) is 33.3 Å². The quantitative estimate of drug-likeness (QED) is 0.497. The molecule has 0 fully saturated rings. The maximum atomic E-state index is 13.4. The summed E-state index contributed by atoms with van der Waals surface area (Å²) in [6, 6.07) is 19.8. The number of imide groups is 1. The number of rotatable bonds is 7. The van der Waals surface area contributed by atoms with Crippen molar-refractivity contribution < 1.29 is 19.1 Å². The van der Waals surface area contributed by atoms with Crippen LogP contribution in [-0.2, 0) is 16.1 Å². The number of carbonyl (C=O) groups excluding carboxylic acids is 2. The van der Waals surface area contributed by atoms with Gasteiger partial charge in [0.25, 0.3) is 11.8 Å². The molecule has 0 saturated carbocycles. The molecule has 1 heterocycles. The van der Waals surface area contributed by atoms with Gasteiger partial charge in [0, 0.05) is 16.8 Å². The second kappa shape index (κ2) is 9.38. The van der Waals surface area contributed by atoms with E-state index in [1.807, 2.05) is 31.2 Å². The lowest BCUT2D eigenvalue weighted by molar-refractivity contribution is -0.137. The Bertz CT molecular complexity index is 1230. The molecule has 0 aliphatic carbocycles. The van der Waals surface area contributed by atoms with E-state index in [0.717, 1.165) is 11.1 Å². The van der Waals surface area contributed by atoms with Gasteiger partial charge in [0.1, 0.15) is 5.70 Å². The Hall–Kier alpha value is -3.77. The van der Waals surface area contributed by atoms with Gasteiger partial charge in [0.15, 0.2) is 11.5 Å². The number of nitrogens with zero attached hydrogens (tertiary/aromatic N) is 1. The Morgan fingerprint density at radius 1 is 0.848 bits per heavy atom. The summed E-state index contributed by atoms with van der Waals surface area (Å²) in [4.78, 5) is 28.1. The van der Waals surface area contributed by atoms with Crippen molar-refractivity contribution in [1.29, 1.82) is 0 Å². The molecule has 3 aromatic rings. The van der Waals surface area contributed by atoms with Crippen LogP contribution in [0.4, 0.5) is 5.69 Å². The molecule has 7 heteroatoms. The zero-order valence-electron chi connectivity index (χ0n) is 18.5. The first-order valence-corrected chi connectivity index (χ1v) is 10.7. The first-order chi connectivity index (χ1) is 15.9. The maximum Gasteiger partial charge on any atom is 0.278 e. The van der Waals surface area contributed by atoms with Crippen LogP contribution in [-0.4, -0.2) is 30.9 Å². The molecule has 0 bridgehead atoms. The maximum absolute atomic E-state index is 13.4. The monoisotopic (exact) mass is 462 g/mol. The Balaban J connectivity index is 1.73. The Morgan fingerprint density at radius 2 is 1.52 bits per heavy atom. The molecule has 1 aliphatic heterocycles. The van der Waals surface area contributed by atoms with Crippen LogP contribution in [0.1, 0.15) is 16.7 Å². The standard InChI is InChI=1S/C26H23ClN2O4/c1-16-4-8-18(9-5-16)23-24(28-20-12-13-21(32-2)22(14-20)33-3)26(31)29(25(23)30)15-17-6-10-19(27)11-7-17/h4-14,28H,15H2,1-3H3. The highest BCUT2D eigenvalue weighted by molar-refractivity contribution is 6.36. The van der Waals surface area contributed by atoms with Gasteiger partial charge in [-0.2, -0.15) is 0 Å². The van der Waals surface area contributed by atoms with E-state index in [4.69, 9.17) is 21.1 Å². The average Bonchev–Trinajstić information content (AvgIpc) is 3.05. The highest BCUT2D eigenvalue weighted by Crippen LogP contribution is 2.34. The molecule has 0 atom stereocenters. The molecule has 0 spiro atoms. The molecule has 0 aromatic heterocycles. The number of hydrogen-bond acceptors (Lipinski definition) is 5. The van der Waals surface area contributed by atoms with Crippen molar-refractivity contribution in [3.8, 4) is 11.5 Å². The van der Waals surface area contributed by atoms with Crippen LogP contribution in [0.2, 0.25) is 5.02 Å². The van der Waals surface area contributed by atoms with Crippen LogP contribution in [0.25, 0.3) is 5.57 Å². The molecule has 33 heavy (non-hydrogen) atoms. The number of nitrogens with one attached hydrogen (secondary N) is 1. The van der Waals surface area contributed by atoms with Crippen LogP contribution in [0, 0.1) is 6.92 Å². The third-order valence-corrected chi connectivity index (χ3v) is 5.67. The highest BCUT2D eigenvalue weighted by Gasteiger charge is 2.39. The number of ether oxygens (including phenoxy) is 2. The summed E-state index contributed by atoms with van der Waals surface area (Å²) >= 11 is 5.98. The molecule has 2 amide bonds. The van der Waals surface area contributed by atoms with Crippen LogP contribution in [0.3, 0.4) is 0 Å². The van der Waals surface area contributed by atoms with E-state index in [9.17, 15) is 9.59 Å². The number of methoxy groups -OCH3 is 2. The molecule has 168 valence electrons. The van der Waals surface area contributed by atoms with Gasteiger partial charge in [0.05, 0.1) is 26.3 Å². The fraction of sp³-hybridized carbons (Fsp3) is 0.154. The summed E-state index contributed by atoms with van der Waals surface area (Å²) in [5.74, 6) is 0.311. The highest BCUT2D eigenvalue weighted by atomic mass is 35.5. The number of aryl methyl sites for hydroxylation is 1. The zero-order chi connectivity index (χ0) is 23.5. The predicted octanol–water partition coefficient (Wildman–Crippen LogP) is 5.06. The summed E-state index contributed by atoms with van der Waals surface area (Å²) < 4.78 is 10.7. The average molecular weight is 463 g/mol. The van der Waals surface area contributed by atoms with Crippen molar-refractivity contribution in [1.82, 2.24) is 4.90 Å². The fourth-order valence-corrected chi connectivity index (χ4v) is 3.78. The lowest BCUT2D eigenvalue weighted by Gasteiger charge is -2.16. The van der Waals surface area contributed by atoms with Crippen LogP contribution in [0.15, 0.2) is 72.4 Å². The first-order valence-electron chi connectivity index (χ1n) is 10.3. The minimum absolute atomic E-state index is 0.140. The summed E-state index contributed by atoms with van der Waals surface area (Å²) in [6.07, 6.45) is 0. The Labute approximate surface area is 197 Å². The van der Waals surface area contributed by atoms with Crippen LogP contribution >= 0.6 is 11.6 Å². The van der Waals surface area contributed by atoms with E-state index < -0.39 is 5.91 Å². The van der Waals surface area contributed by atoms with Gasteiger partial charge in [-0.1, -0.05) is 53.6 Å². The van der Waals surface area contributed by atoms with Gasteiger partial charge in [0.2, 0.25) is 0 Å². The number of benzene rings is 3. The molecule has 4 rings (SSSR count). The van der Waals surface area contributed by atoms with E-state index in [2.05, 4.69) is 5.32 Å². The molecule has 0 radical (unpaired) electrons. The molecule has 6 nitrogen and oxygen atoms in total. The van der Waals surface area contributed by atoms with Crippen molar-refractivity contribution >= 4 is 34.7 Å². The van der Waals surface area contributed by atoms with Crippen LogP contribution < -0.4 is 14.8 Å². The van der Waals surface area contributed by atoms with Gasteiger partial charge in [-0.15, -0.1) is 0 Å². The molecule has 0 unspecified atom stereocenters. The van der Waals surface area contributed by atoms with Crippen LogP contribution in [0.5, 0.6) is 11.5 Å². The van der Waals surface area contributed by atoms with E-state index in [-0.39, 0.29) is 18.1 Å². The van der Waals surface area contributed by atoms with Crippen molar-refractivity contribution in [3.63, 3.8) is 0 Å². The first kappa shape index (κ1) is 22.4. The third-order valence-electron chi connectivity index (χ3n) is 5.42. The van der Waals surface area contributed by atoms with Gasteiger partial charge < -0.3 is 14.8 Å². The Morgan fingerprint density at radius 3 is 2.15 bits per heavy atom. The lowest BCUT2D eigenvalue weighted by atomic mass is 10.0. The van der Waals surface area contributed by atoms with E-state index >= 15 is 0 Å². The number of hydrogen-bond donors (Lipinski definition) is 1. The molecule has 1 aliphatic rings. The zero-order valence-corrected chi connectivity index (χ0v) is 19.3. The predicted molar refractivity (Wildman–Crippen MR) is 128 cm³/mol. The summed E-state index contributed by atoms with van der Waals surface area (Å²) in [6.45, 7) is 2.11. The minimum Gasteiger partial charge on any atom is -0.493 e. The normalized spacial score (nSPS) is 13.5. The summed E-state index contributed by atoms with van der Waals surface area (Å²) in [5, 5.41) is 3.74. The third kappa shape index (κ3) is 4.56. The second-order valence-electron chi connectivity index (χ2n) is 7.63. The molecule has 1 N–H and O–H groups in total. The van der Waals surface area contributed by atoms with Crippen molar-refractivity contribution in [2.75, 3.05) is 19.5 Å². The van der Waals surface area contributed by atoms with E-state index in [1.165, 1.54) is 12.0 Å². The molecule has 3 aromatic carbocycles. The SMILES string of the molecule is COc1ccc(NC2=C(c3ccc(C)cc3)C(=O)N(Cc3ccc(Cl)cc3)C2=O)cc1OC. The number of carbonyl (C=O) groups is 2. The number of halogens is 1. The number of anilines is 1. The van der Waals surface area contributed by atoms with Crippen molar-refractivity contribution in [2.24, 2.45) is 0 Å². The smallest absolute Gasteiger partial charge is 0.278 e. The number of amides is 2. The largest absolute Gasteiger partial charge is 0.493 e. The molecular formula is C26H23ClN2O4. The van der Waals surface area contributed by atoms with E-state index in [1.54, 1.807) is 49.6 Å². The van der Waals surface area contributed by atoms with Crippen molar-refractivity contribution in [2.45, 2.75) is 13.5 Å². The molecular weight excluding hydrogens is 440 g/mol.